The Kier molecular flexibility index (Phi) is 13.1. The smallest absolute Gasteiger partial charge is 0.408 e. The molecule has 4 nitrogen and oxygen atoms in total. The largest absolute Gasteiger partial charge is 0.444 e. The highest BCUT2D eigenvalue weighted by molar-refractivity contribution is 5.83. The first kappa shape index (κ1) is 26.6. The van der Waals surface area contributed by atoms with E-state index in [1.807, 2.05) is 13.8 Å². The number of amides is 1. The average Bonchev–Trinajstić information content (AvgIpc) is 2.34. The van der Waals surface area contributed by atoms with Crippen LogP contribution in [0.1, 0.15) is 68.7 Å². The van der Waals surface area contributed by atoms with E-state index in [9.17, 15) is 22.8 Å². The molecule has 0 aromatic rings. The summed E-state index contributed by atoms with van der Waals surface area (Å²) in [6.45, 7) is 14.5. The van der Waals surface area contributed by atoms with Crippen molar-refractivity contribution in [3.8, 4) is 0 Å². The maximum absolute atomic E-state index is 11.6. The number of hydrogen-bond donors (Lipinski definition) is 1. The number of carbonyl (C=O) groups excluding carboxylic acids is 2. The quantitative estimate of drug-likeness (QED) is 0.774. The highest BCUT2D eigenvalue weighted by Crippen LogP contribution is 2.36. The molecule has 0 saturated carbocycles. The number of halogens is 3. The van der Waals surface area contributed by atoms with Crippen LogP contribution < -0.4 is 5.32 Å². The summed E-state index contributed by atoms with van der Waals surface area (Å²) in [4.78, 5) is 21.8. The molecule has 0 aromatic heterocycles. The molecule has 1 amide bonds. The van der Waals surface area contributed by atoms with Crippen LogP contribution in [0.3, 0.4) is 0 Å². The number of hydrogen-bond acceptors (Lipinski definition) is 3. The lowest BCUT2D eigenvalue weighted by molar-refractivity contribution is -0.204. The average molecular weight is 343 g/mol. The van der Waals surface area contributed by atoms with Crippen LogP contribution in [0.15, 0.2) is 0 Å². The van der Waals surface area contributed by atoms with Gasteiger partial charge in [0.25, 0.3) is 0 Å². The fourth-order valence-electron chi connectivity index (χ4n) is 0.610. The number of carbonyl (C=O) groups is 2. The summed E-state index contributed by atoms with van der Waals surface area (Å²) < 4.78 is 39.6. The van der Waals surface area contributed by atoms with E-state index in [0.717, 1.165) is 20.8 Å². The SMILES string of the molecule is CC.CC(C)(C)C(F)(F)F.CCC(=O)CNC(=O)OC(C)(C)C. The lowest BCUT2D eigenvalue weighted by Gasteiger charge is -2.21. The number of nitrogens with one attached hydrogen (secondary N) is 1. The Morgan fingerprint density at radius 3 is 1.52 bits per heavy atom. The van der Waals surface area contributed by atoms with Gasteiger partial charge in [0.15, 0.2) is 5.78 Å². The highest BCUT2D eigenvalue weighted by atomic mass is 19.4. The first-order valence-electron chi connectivity index (χ1n) is 7.65. The summed E-state index contributed by atoms with van der Waals surface area (Å²) in [5.41, 5.74) is -2.08. The van der Waals surface area contributed by atoms with Gasteiger partial charge < -0.3 is 10.1 Å². The zero-order valence-electron chi connectivity index (χ0n) is 15.8. The minimum atomic E-state index is -4.06. The molecule has 0 aliphatic rings. The molecule has 7 heteroatoms. The number of rotatable bonds is 3. The predicted molar refractivity (Wildman–Crippen MR) is 86.4 cm³/mol. The molecule has 0 heterocycles. The Morgan fingerprint density at radius 2 is 1.30 bits per heavy atom. The lowest BCUT2D eigenvalue weighted by Crippen LogP contribution is -2.35. The summed E-state index contributed by atoms with van der Waals surface area (Å²) in [7, 11) is 0. The zero-order valence-corrected chi connectivity index (χ0v) is 15.8. The minimum absolute atomic E-state index is 0.00846. The van der Waals surface area contributed by atoms with Crippen molar-refractivity contribution < 1.29 is 27.5 Å². The van der Waals surface area contributed by atoms with E-state index in [1.165, 1.54) is 0 Å². The second kappa shape index (κ2) is 11.3. The molecule has 140 valence electrons. The van der Waals surface area contributed by atoms with Gasteiger partial charge in [-0.05, 0) is 20.8 Å². The molecule has 0 spiro atoms. The molecule has 0 aromatic carbocycles. The molecule has 0 aliphatic heterocycles. The first-order chi connectivity index (χ1) is 10.1. The van der Waals surface area contributed by atoms with Crippen molar-refractivity contribution >= 4 is 11.9 Å². The monoisotopic (exact) mass is 343 g/mol. The number of ketones is 1. The van der Waals surface area contributed by atoms with Crippen LogP contribution in [0.5, 0.6) is 0 Å². The predicted octanol–water partition coefficient (Wildman–Crippen LogP) is 5.11. The van der Waals surface area contributed by atoms with Gasteiger partial charge >= 0.3 is 12.3 Å². The summed E-state index contributed by atoms with van der Waals surface area (Å²) >= 11 is 0. The van der Waals surface area contributed by atoms with Gasteiger partial charge in [0.05, 0.1) is 12.0 Å². The van der Waals surface area contributed by atoms with Gasteiger partial charge in [-0.1, -0.05) is 41.5 Å². The second-order valence-corrected chi connectivity index (χ2v) is 6.50. The number of alkyl halides is 3. The molecular weight excluding hydrogens is 311 g/mol. The topological polar surface area (TPSA) is 55.4 Å². The van der Waals surface area contributed by atoms with Crippen LogP contribution in [-0.2, 0) is 9.53 Å². The molecule has 0 unspecified atom stereocenters. The normalized spacial score (nSPS) is 11.3. The van der Waals surface area contributed by atoms with Gasteiger partial charge in [0.2, 0.25) is 0 Å². The van der Waals surface area contributed by atoms with Gasteiger partial charge in [0.1, 0.15) is 5.60 Å². The maximum atomic E-state index is 11.6. The standard InChI is InChI=1S/C9H17NO3.C5H9F3.C2H6/c1-5-7(11)6-10-8(12)13-9(2,3)4;1-4(2,3)5(6,7)8;1-2/h5-6H2,1-4H3,(H,10,12);1-3H3;1-2H3. The van der Waals surface area contributed by atoms with Gasteiger partial charge in [-0.3, -0.25) is 4.79 Å². The van der Waals surface area contributed by atoms with E-state index in [4.69, 9.17) is 4.74 Å². The zero-order chi connectivity index (χ0) is 19.5. The molecule has 1 N–H and O–H groups in total. The molecule has 0 atom stereocenters. The van der Waals surface area contributed by atoms with E-state index in [0.29, 0.717) is 6.42 Å². The molecular formula is C16H32F3NO3. The molecule has 23 heavy (non-hydrogen) atoms. The van der Waals surface area contributed by atoms with E-state index in [-0.39, 0.29) is 12.3 Å². The number of ether oxygens (including phenoxy) is 1. The van der Waals surface area contributed by atoms with Gasteiger partial charge in [-0.25, -0.2) is 4.79 Å². The Hall–Kier alpha value is -1.27. The third-order valence-corrected chi connectivity index (χ3v) is 2.07. The molecule has 0 radical (unpaired) electrons. The third kappa shape index (κ3) is 18.7. The summed E-state index contributed by atoms with van der Waals surface area (Å²) in [5, 5.41) is 2.38. The van der Waals surface area contributed by atoms with Crippen molar-refractivity contribution in [3.63, 3.8) is 0 Å². The highest BCUT2D eigenvalue weighted by Gasteiger charge is 2.42. The number of alkyl carbamates (subject to hydrolysis) is 1. The summed E-state index contributed by atoms with van der Waals surface area (Å²) in [6.07, 6.45) is -4.18. The van der Waals surface area contributed by atoms with Crippen molar-refractivity contribution in [3.05, 3.63) is 0 Å². The van der Waals surface area contributed by atoms with Gasteiger partial charge in [-0.2, -0.15) is 13.2 Å². The molecule has 0 aliphatic carbocycles. The van der Waals surface area contributed by atoms with Crippen molar-refractivity contribution in [1.82, 2.24) is 5.32 Å². The lowest BCUT2D eigenvalue weighted by atomic mass is 9.96. The van der Waals surface area contributed by atoms with Gasteiger partial charge in [0, 0.05) is 6.42 Å². The fourth-order valence-corrected chi connectivity index (χ4v) is 0.610. The maximum Gasteiger partial charge on any atom is 0.408 e. The first-order valence-corrected chi connectivity index (χ1v) is 7.65. The molecule has 0 bridgehead atoms. The third-order valence-electron chi connectivity index (χ3n) is 2.07. The minimum Gasteiger partial charge on any atom is -0.444 e. The Morgan fingerprint density at radius 1 is 0.957 bits per heavy atom. The Bertz CT molecular complexity index is 328. The van der Waals surface area contributed by atoms with Crippen LogP contribution in [0.4, 0.5) is 18.0 Å². The van der Waals surface area contributed by atoms with E-state index in [1.54, 1.807) is 27.7 Å². The number of Topliss-reactive ketones (excluding diaryl/α,β-unsaturated/α-hetero) is 1. The fraction of sp³-hybridized carbons (Fsp3) is 0.875. The summed E-state index contributed by atoms with van der Waals surface area (Å²) in [6, 6.07) is 0. The van der Waals surface area contributed by atoms with Crippen LogP contribution in [-0.4, -0.2) is 30.2 Å². The van der Waals surface area contributed by atoms with Crippen LogP contribution in [0.2, 0.25) is 0 Å². The van der Waals surface area contributed by atoms with E-state index in [2.05, 4.69) is 5.32 Å². The molecule has 0 saturated heterocycles. The Labute approximate surface area is 138 Å². The van der Waals surface area contributed by atoms with Crippen LogP contribution >= 0.6 is 0 Å². The van der Waals surface area contributed by atoms with Crippen LogP contribution in [0.25, 0.3) is 0 Å². The van der Waals surface area contributed by atoms with Crippen molar-refractivity contribution in [1.29, 1.82) is 0 Å². The van der Waals surface area contributed by atoms with Gasteiger partial charge in [-0.15, -0.1) is 0 Å². The summed E-state index contributed by atoms with van der Waals surface area (Å²) in [5.74, 6) is -0.00846. The second-order valence-electron chi connectivity index (χ2n) is 6.50. The van der Waals surface area contributed by atoms with Crippen molar-refractivity contribution in [2.24, 2.45) is 5.41 Å². The van der Waals surface area contributed by atoms with E-state index >= 15 is 0 Å². The molecule has 0 rings (SSSR count). The molecule has 0 fully saturated rings. The van der Waals surface area contributed by atoms with Crippen LogP contribution in [0, 0.1) is 5.41 Å². The van der Waals surface area contributed by atoms with Crippen molar-refractivity contribution in [2.75, 3.05) is 6.54 Å². The van der Waals surface area contributed by atoms with E-state index < -0.39 is 23.3 Å². The Balaban J connectivity index is -0.000000343. The van der Waals surface area contributed by atoms with Crippen molar-refractivity contribution in [2.45, 2.75) is 80.5 Å².